The highest BCUT2D eigenvalue weighted by atomic mass is 79.9. The molecule has 1 unspecified atom stereocenters. The van der Waals surface area contributed by atoms with Gasteiger partial charge in [0.2, 0.25) is 0 Å². The average molecular weight is 313 g/mol. The maximum absolute atomic E-state index is 10.7. The van der Waals surface area contributed by atoms with Crippen LogP contribution in [-0.4, -0.2) is 16.6 Å². The van der Waals surface area contributed by atoms with Gasteiger partial charge in [-0.3, -0.25) is 4.98 Å². The zero-order valence-electron chi connectivity index (χ0n) is 10.6. The number of nitrogens with zero attached hydrogens (tertiary/aromatic N) is 1. The molecule has 0 bridgehead atoms. The third kappa shape index (κ3) is 2.92. The van der Waals surface area contributed by atoms with Gasteiger partial charge in [-0.2, -0.15) is 0 Å². The van der Waals surface area contributed by atoms with E-state index in [1.165, 1.54) is 12.8 Å². The fourth-order valence-electron chi connectivity index (χ4n) is 2.95. The SMILES string of the molecule is NCC1(C(O)c2cncc(Br)c2)CCCCCC1. The van der Waals surface area contributed by atoms with Crippen LogP contribution in [0.2, 0.25) is 0 Å². The van der Waals surface area contributed by atoms with E-state index in [0.717, 1.165) is 35.7 Å². The van der Waals surface area contributed by atoms with Crippen molar-refractivity contribution in [3.63, 3.8) is 0 Å². The van der Waals surface area contributed by atoms with Crippen LogP contribution in [0.4, 0.5) is 0 Å². The predicted octanol–water partition coefficient (Wildman–Crippen LogP) is 3.18. The van der Waals surface area contributed by atoms with Gasteiger partial charge in [-0.25, -0.2) is 0 Å². The highest BCUT2D eigenvalue weighted by Gasteiger charge is 2.37. The third-order valence-corrected chi connectivity index (χ3v) is 4.56. The second-order valence-corrected chi connectivity index (χ2v) is 6.24. The minimum Gasteiger partial charge on any atom is -0.388 e. The summed E-state index contributed by atoms with van der Waals surface area (Å²) in [5.41, 5.74) is 6.70. The van der Waals surface area contributed by atoms with E-state index in [2.05, 4.69) is 20.9 Å². The molecule has 2 rings (SSSR count). The number of aliphatic hydroxyl groups is 1. The van der Waals surface area contributed by atoms with E-state index < -0.39 is 6.10 Å². The topological polar surface area (TPSA) is 59.1 Å². The Kier molecular flexibility index (Phi) is 4.76. The summed E-state index contributed by atoms with van der Waals surface area (Å²) in [6.45, 7) is 0.542. The third-order valence-electron chi connectivity index (χ3n) is 4.13. The van der Waals surface area contributed by atoms with Crippen LogP contribution in [0.1, 0.15) is 50.2 Å². The number of hydrogen-bond acceptors (Lipinski definition) is 3. The molecule has 1 fully saturated rings. The van der Waals surface area contributed by atoms with Gasteiger partial charge in [-0.05, 0) is 34.8 Å². The Labute approximate surface area is 117 Å². The minimum atomic E-state index is -0.509. The van der Waals surface area contributed by atoms with Gasteiger partial charge < -0.3 is 10.8 Å². The van der Waals surface area contributed by atoms with E-state index in [1.54, 1.807) is 12.4 Å². The number of hydrogen-bond donors (Lipinski definition) is 2. The number of halogens is 1. The highest BCUT2D eigenvalue weighted by molar-refractivity contribution is 9.10. The molecular formula is C14H21BrN2O. The Morgan fingerprint density at radius 3 is 2.50 bits per heavy atom. The first-order valence-corrected chi connectivity index (χ1v) is 7.46. The molecule has 0 saturated heterocycles. The summed E-state index contributed by atoms with van der Waals surface area (Å²) < 4.78 is 0.903. The largest absolute Gasteiger partial charge is 0.388 e. The Morgan fingerprint density at radius 2 is 1.94 bits per heavy atom. The van der Waals surface area contributed by atoms with Crippen molar-refractivity contribution < 1.29 is 5.11 Å². The summed E-state index contributed by atoms with van der Waals surface area (Å²) in [4.78, 5) is 4.14. The molecule has 1 aromatic rings. The van der Waals surface area contributed by atoms with E-state index in [-0.39, 0.29) is 5.41 Å². The van der Waals surface area contributed by atoms with Crippen molar-refractivity contribution >= 4 is 15.9 Å². The Morgan fingerprint density at radius 1 is 1.28 bits per heavy atom. The lowest BCUT2D eigenvalue weighted by Gasteiger charge is -2.36. The lowest BCUT2D eigenvalue weighted by atomic mass is 9.73. The first-order chi connectivity index (χ1) is 8.68. The molecule has 3 nitrogen and oxygen atoms in total. The van der Waals surface area contributed by atoms with Crippen LogP contribution in [0, 0.1) is 5.41 Å². The van der Waals surface area contributed by atoms with Gasteiger partial charge in [0, 0.05) is 34.4 Å². The van der Waals surface area contributed by atoms with Gasteiger partial charge in [0.05, 0.1) is 6.10 Å². The molecule has 1 aromatic heterocycles. The maximum Gasteiger partial charge on any atom is 0.0873 e. The van der Waals surface area contributed by atoms with Gasteiger partial charge in [0.25, 0.3) is 0 Å². The summed E-state index contributed by atoms with van der Waals surface area (Å²) in [6, 6.07) is 1.94. The average Bonchev–Trinajstić information content (AvgIpc) is 2.64. The number of pyridine rings is 1. The first kappa shape index (κ1) is 14.0. The monoisotopic (exact) mass is 312 g/mol. The van der Waals surface area contributed by atoms with Crippen molar-refractivity contribution in [3.8, 4) is 0 Å². The van der Waals surface area contributed by atoms with Crippen LogP contribution in [0.25, 0.3) is 0 Å². The van der Waals surface area contributed by atoms with Crippen LogP contribution in [-0.2, 0) is 0 Å². The standard InChI is InChI=1S/C14H21BrN2O/c15-12-7-11(8-17-9-12)13(18)14(10-16)5-3-1-2-4-6-14/h7-9,13,18H,1-6,10,16H2. The van der Waals surface area contributed by atoms with E-state index in [1.807, 2.05) is 6.07 Å². The van der Waals surface area contributed by atoms with Gasteiger partial charge >= 0.3 is 0 Å². The molecule has 0 aromatic carbocycles. The molecule has 0 aliphatic heterocycles. The Bertz CT molecular complexity index is 389. The molecule has 1 atom stereocenters. The minimum absolute atomic E-state index is 0.168. The van der Waals surface area contributed by atoms with Crippen LogP contribution in [0.15, 0.2) is 22.9 Å². The van der Waals surface area contributed by atoms with Crippen LogP contribution < -0.4 is 5.73 Å². The van der Waals surface area contributed by atoms with Crippen molar-refractivity contribution in [2.24, 2.45) is 11.1 Å². The second kappa shape index (κ2) is 6.13. The van der Waals surface area contributed by atoms with E-state index in [9.17, 15) is 5.11 Å². The number of aromatic nitrogens is 1. The molecule has 1 aliphatic rings. The number of aliphatic hydroxyl groups excluding tert-OH is 1. The van der Waals surface area contributed by atoms with Crippen molar-refractivity contribution in [1.82, 2.24) is 4.98 Å². The van der Waals surface area contributed by atoms with E-state index in [4.69, 9.17) is 5.73 Å². The van der Waals surface area contributed by atoms with Gasteiger partial charge in [0.15, 0.2) is 0 Å². The molecule has 3 N–H and O–H groups in total. The Balaban J connectivity index is 2.25. The molecule has 0 amide bonds. The zero-order chi connectivity index (χ0) is 13.0. The fourth-order valence-corrected chi connectivity index (χ4v) is 3.34. The molecule has 18 heavy (non-hydrogen) atoms. The van der Waals surface area contributed by atoms with Crippen molar-refractivity contribution in [2.75, 3.05) is 6.54 Å². The molecule has 4 heteroatoms. The summed E-state index contributed by atoms with van der Waals surface area (Å²) >= 11 is 3.40. The summed E-state index contributed by atoms with van der Waals surface area (Å²) in [5.74, 6) is 0. The maximum atomic E-state index is 10.7. The van der Waals surface area contributed by atoms with Crippen LogP contribution in [0.3, 0.4) is 0 Å². The van der Waals surface area contributed by atoms with Gasteiger partial charge in [-0.1, -0.05) is 25.7 Å². The lowest BCUT2D eigenvalue weighted by Crippen LogP contribution is -2.36. The number of nitrogens with two attached hydrogens (primary N) is 1. The zero-order valence-corrected chi connectivity index (χ0v) is 12.2. The van der Waals surface area contributed by atoms with Crippen molar-refractivity contribution in [3.05, 3.63) is 28.5 Å². The molecule has 1 heterocycles. The fraction of sp³-hybridized carbons (Fsp3) is 0.643. The van der Waals surface area contributed by atoms with Gasteiger partial charge in [0.1, 0.15) is 0 Å². The molecular weight excluding hydrogens is 292 g/mol. The lowest BCUT2D eigenvalue weighted by molar-refractivity contribution is 0.0164. The van der Waals surface area contributed by atoms with Crippen molar-refractivity contribution in [2.45, 2.75) is 44.6 Å². The van der Waals surface area contributed by atoms with Crippen LogP contribution >= 0.6 is 15.9 Å². The van der Waals surface area contributed by atoms with Crippen LogP contribution in [0.5, 0.6) is 0 Å². The number of rotatable bonds is 3. The van der Waals surface area contributed by atoms with Crippen molar-refractivity contribution in [1.29, 1.82) is 0 Å². The Hall–Kier alpha value is -0.450. The molecule has 0 radical (unpaired) electrons. The molecule has 1 saturated carbocycles. The molecule has 1 aliphatic carbocycles. The van der Waals surface area contributed by atoms with E-state index in [0.29, 0.717) is 6.54 Å². The first-order valence-electron chi connectivity index (χ1n) is 6.66. The predicted molar refractivity (Wildman–Crippen MR) is 76.1 cm³/mol. The van der Waals surface area contributed by atoms with Gasteiger partial charge in [-0.15, -0.1) is 0 Å². The summed E-state index contributed by atoms with van der Waals surface area (Å²) in [7, 11) is 0. The second-order valence-electron chi connectivity index (χ2n) is 5.32. The smallest absolute Gasteiger partial charge is 0.0873 e. The quantitative estimate of drug-likeness (QED) is 0.843. The molecule has 100 valence electrons. The normalized spacial score (nSPS) is 21.3. The molecule has 0 spiro atoms. The summed E-state index contributed by atoms with van der Waals surface area (Å²) in [6.07, 6.45) is 9.83. The highest BCUT2D eigenvalue weighted by Crippen LogP contribution is 2.44. The van der Waals surface area contributed by atoms with E-state index >= 15 is 0 Å². The summed E-state index contributed by atoms with van der Waals surface area (Å²) in [5, 5.41) is 10.7.